The zero-order valence-corrected chi connectivity index (χ0v) is 12.1. The number of hydrogen-bond donors (Lipinski definition) is 0. The van der Waals surface area contributed by atoms with Gasteiger partial charge in [0.2, 0.25) is 5.12 Å². The minimum absolute atomic E-state index is 0.107. The number of hydrogen-bond acceptors (Lipinski definition) is 2. The average Bonchev–Trinajstić information content (AvgIpc) is 2.29. The molecule has 0 aliphatic rings. The smallest absolute Gasteiger partial charge is 0.216 e. The SMILES string of the molecule is CC(C)=CCCC(C)=CC(=O)Sc1ccccc1. The number of thioether (sulfide) groups is 1. The summed E-state index contributed by atoms with van der Waals surface area (Å²) in [5.41, 5.74) is 2.47. The monoisotopic (exact) mass is 260 g/mol. The fourth-order valence-electron chi connectivity index (χ4n) is 1.50. The number of benzene rings is 1. The molecule has 0 N–H and O–H groups in total. The van der Waals surface area contributed by atoms with Gasteiger partial charge in [-0.25, -0.2) is 0 Å². The quantitative estimate of drug-likeness (QED) is 0.421. The van der Waals surface area contributed by atoms with Gasteiger partial charge in [-0.1, -0.05) is 35.4 Å². The summed E-state index contributed by atoms with van der Waals surface area (Å²) < 4.78 is 0. The Morgan fingerprint density at radius 3 is 2.44 bits per heavy atom. The summed E-state index contributed by atoms with van der Waals surface area (Å²) in [4.78, 5) is 12.8. The molecule has 0 radical (unpaired) electrons. The van der Waals surface area contributed by atoms with Crippen LogP contribution in [0.1, 0.15) is 33.6 Å². The Balaban J connectivity index is 2.45. The van der Waals surface area contributed by atoms with E-state index in [0.29, 0.717) is 0 Å². The van der Waals surface area contributed by atoms with E-state index >= 15 is 0 Å². The molecular weight excluding hydrogens is 240 g/mol. The fourth-order valence-corrected chi connectivity index (χ4v) is 2.28. The largest absolute Gasteiger partial charge is 0.282 e. The van der Waals surface area contributed by atoms with Crippen LogP contribution in [0, 0.1) is 0 Å². The Labute approximate surface area is 114 Å². The van der Waals surface area contributed by atoms with Crippen LogP contribution in [0.15, 0.2) is 58.5 Å². The number of rotatable bonds is 5. The maximum absolute atomic E-state index is 11.8. The molecule has 1 aromatic rings. The summed E-state index contributed by atoms with van der Waals surface area (Å²) >= 11 is 1.28. The predicted molar refractivity (Wildman–Crippen MR) is 79.7 cm³/mol. The first-order valence-corrected chi connectivity index (χ1v) is 6.97. The van der Waals surface area contributed by atoms with E-state index in [1.807, 2.05) is 37.3 Å². The maximum atomic E-state index is 11.8. The first-order chi connectivity index (χ1) is 8.58. The molecule has 0 bridgehead atoms. The van der Waals surface area contributed by atoms with Gasteiger partial charge in [-0.3, -0.25) is 4.79 Å². The van der Waals surface area contributed by atoms with Crippen molar-refractivity contribution in [1.82, 2.24) is 0 Å². The molecule has 0 fully saturated rings. The van der Waals surface area contributed by atoms with E-state index in [4.69, 9.17) is 0 Å². The summed E-state index contributed by atoms with van der Waals surface area (Å²) in [6.07, 6.45) is 5.91. The normalized spacial score (nSPS) is 11.2. The highest BCUT2D eigenvalue weighted by atomic mass is 32.2. The summed E-state index contributed by atoms with van der Waals surface area (Å²) in [6.45, 7) is 6.20. The van der Waals surface area contributed by atoms with E-state index in [0.717, 1.165) is 23.3 Å². The molecule has 0 unspecified atom stereocenters. The van der Waals surface area contributed by atoms with Crippen LogP contribution in [-0.2, 0) is 4.79 Å². The highest BCUT2D eigenvalue weighted by Crippen LogP contribution is 2.19. The molecule has 1 rings (SSSR count). The molecule has 0 heterocycles. The zero-order chi connectivity index (χ0) is 13.4. The minimum Gasteiger partial charge on any atom is -0.282 e. The minimum atomic E-state index is 0.107. The van der Waals surface area contributed by atoms with E-state index in [1.54, 1.807) is 6.08 Å². The van der Waals surface area contributed by atoms with Gasteiger partial charge in [-0.2, -0.15) is 0 Å². The first kappa shape index (κ1) is 14.8. The third-order valence-corrected chi connectivity index (χ3v) is 3.24. The molecule has 0 saturated heterocycles. The molecule has 0 aliphatic carbocycles. The summed E-state index contributed by atoms with van der Waals surface area (Å²) in [7, 11) is 0. The van der Waals surface area contributed by atoms with Crippen LogP contribution in [0.3, 0.4) is 0 Å². The van der Waals surface area contributed by atoms with Gasteiger partial charge in [-0.15, -0.1) is 0 Å². The lowest BCUT2D eigenvalue weighted by atomic mass is 10.1. The van der Waals surface area contributed by atoms with Crippen LogP contribution in [0.2, 0.25) is 0 Å². The zero-order valence-electron chi connectivity index (χ0n) is 11.3. The lowest BCUT2D eigenvalue weighted by Crippen LogP contribution is -1.88. The molecule has 0 spiro atoms. The predicted octanol–water partition coefficient (Wildman–Crippen LogP) is 5.00. The molecule has 0 amide bonds. The average molecular weight is 260 g/mol. The molecule has 96 valence electrons. The lowest BCUT2D eigenvalue weighted by molar-refractivity contribution is -0.107. The van der Waals surface area contributed by atoms with Crippen molar-refractivity contribution in [3.8, 4) is 0 Å². The summed E-state index contributed by atoms with van der Waals surface area (Å²) in [6, 6.07) is 9.75. The van der Waals surface area contributed by atoms with Crippen LogP contribution in [-0.4, -0.2) is 5.12 Å². The van der Waals surface area contributed by atoms with Gasteiger partial charge in [0, 0.05) is 4.90 Å². The lowest BCUT2D eigenvalue weighted by Gasteiger charge is -1.99. The Morgan fingerprint density at radius 2 is 1.83 bits per heavy atom. The number of allylic oxidation sites excluding steroid dienone is 3. The van der Waals surface area contributed by atoms with E-state index < -0.39 is 0 Å². The molecule has 0 atom stereocenters. The van der Waals surface area contributed by atoms with Gasteiger partial charge in [-0.05, 0) is 63.6 Å². The van der Waals surface area contributed by atoms with Crippen molar-refractivity contribution in [2.45, 2.75) is 38.5 Å². The van der Waals surface area contributed by atoms with Gasteiger partial charge in [0.15, 0.2) is 0 Å². The standard InChI is InChI=1S/C16H20OS/c1-13(2)8-7-9-14(3)12-16(17)18-15-10-5-4-6-11-15/h4-6,8,10-12H,7,9H2,1-3H3. The van der Waals surface area contributed by atoms with Crippen LogP contribution < -0.4 is 0 Å². The highest BCUT2D eigenvalue weighted by Gasteiger charge is 2.01. The van der Waals surface area contributed by atoms with Gasteiger partial charge in [0.25, 0.3) is 0 Å². The fraction of sp³-hybridized carbons (Fsp3) is 0.312. The second-order valence-corrected chi connectivity index (χ2v) is 5.62. The first-order valence-electron chi connectivity index (χ1n) is 6.15. The maximum Gasteiger partial charge on any atom is 0.216 e. The summed E-state index contributed by atoms with van der Waals surface area (Å²) in [5, 5.41) is 0.107. The Morgan fingerprint density at radius 1 is 1.17 bits per heavy atom. The molecule has 2 heteroatoms. The van der Waals surface area contributed by atoms with Crippen LogP contribution in [0.4, 0.5) is 0 Å². The highest BCUT2D eigenvalue weighted by molar-refractivity contribution is 8.14. The Hall–Kier alpha value is -1.28. The van der Waals surface area contributed by atoms with Crippen molar-refractivity contribution < 1.29 is 4.79 Å². The van der Waals surface area contributed by atoms with Gasteiger partial charge in [0.1, 0.15) is 0 Å². The van der Waals surface area contributed by atoms with Gasteiger partial charge >= 0.3 is 0 Å². The third kappa shape index (κ3) is 6.45. The van der Waals surface area contributed by atoms with E-state index in [2.05, 4.69) is 19.9 Å². The molecule has 0 aliphatic heterocycles. The number of carbonyl (C=O) groups is 1. The van der Waals surface area contributed by atoms with Crippen molar-refractivity contribution in [3.05, 3.63) is 53.6 Å². The van der Waals surface area contributed by atoms with Crippen molar-refractivity contribution in [2.75, 3.05) is 0 Å². The van der Waals surface area contributed by atoms with Gasteiger partial charge in [0.05, 0.1) is 0 Å². The van der Waals surface area contributed by atoms with Crippen LogP contribution in [0.5, 0.6) is 0 Å². The van der Waals surface area contributed by atoms with E-state index in [9.17, 15) is 4.79 Å². The number of carbonyl (C=O) groups excluding carboxylic acids is 1. The molecular formula is C16H20OS. The summed E-state index contributed by atoms with van der Waals surface area (Å²) in [5.74, 6) is 0. The van der Waals surface area contributed by atoms with Crippen LogP contribution in [0.25, 0.3) is 0 Å². The van der Waals surface area contributed by atoms with Gasteiger partial charge < -0.3 is 0 Å². The van der Waals surface area contributed by atoms with E-state index in [-0.39, 0.29) is 5.12 Å². The van der Waals surface area contributed by atoms with Crippen molar-refractivity contribution in [3.63, 3.8) is 0 Å². The third-order valence-electron chi connectivity index (χ3n) is 2.42. The van der Waals surface area contributed by atoms with E-state index in [1.165, 1.54) is 17.3 Å². The second-order valence-electron chi connectivity index (χ2n) is 4.54. The van der Waals surface area contributed by atoms with Crippen molar-refractivity contribution in [1.29, 1.82) is 0 Å². The van der Waals surface area contributed by atoms with Crippen LogP contribution >= 0.6 is 11.8 Å². The molecule has 18 heavy (non-hydrogen) atoms. The Bertz CT molecular complexity index is 439. The van der Waals surface area contributed by atoms with Crippen molar-refractivity contribution >= 4 is 16.9 Å². The Kier molecular flexibility index (Phi) is 6.51. The molecule has 1 nitrogen and oxygen atoms in total. The molecule has 1 aromatic carbocycles. The molecule has 0 saturated carbocycles. The second kappa shape index (κ2) is 7.93. The molecule has 0 aromatic heterocycles. The van der Waals surface area contributed by atoms with Crippen molar-refractivity contribution in [2.24, 2.45) is 0 Å². The topological polar surface area (TPSA) is 17.1 Å².